The quantitative estimate of drug-likeness (QED) is 0.179. The number of hydrogen-bond donors (Lipinski definition) is 0. The van der Waals surface area contributed by atoms with Crippen molar-refractivity contribution in [3.63, 3.8) is 0 Å². The van der Waals surface area contributed by atoms with Crippen molar-refractivity contribution in [2.45, 2.75) is 33.1 Å². The predicted octanol–water partition coefficient (Wildman–Crippen LogP) is 7.80. The fourth-order valence-corrected chi connectivity index (χ4v) is 1.29. The van der Waals surface area contributed by atoms with Gasteiger partial charge in [-0.1, -0.05) is 43.7 Å². The molecule has 1 aliphatic carbocycles. The zero-order chi connectivity index (χ0) is 17.5. The number of benzene rings is 1. The molecule has 1 aliphatic rings. The number of allylic oxidation sites excluding steroid dienone is 4. The Morgan fingerprint density at radius 1 is 0.957 bits per heavy atom. The number of aryl methyl sites for hydroxylation is 1. The van der Waals surface area contributed by atoms with Crippen molar-refractivity contribution in [3.8, 4) is 0 Å². The Morgan fingerprint density at radius 2 is 1.39 bits per heavy atom. The van der Waals surface area contributed by atoms with E-state index in [1.807, 2.05) is 12.2 Å². The maximum Gasteiger partial charge on any atom is 2.00 e. The van der Waals surface area contributed by atoms with Crippen LogP contribution in [-0.4, -0.2) is 0 Å². The summed E-state index contributed by atoms with van der Waals surface area (Å²) in [6.45, 7) is 6.54. The second kappa shape index (κ2) is 8.44. The summed E-state index contributed by atoms with van der Waals surface area (Å²) in [6, 6.07) is 8.71. The SMILES string of the molecule is Cc1ccc(C(C)C)cc1.F[P-](F)(F)(F)(F)F.[C-]1=CC=CC1.[Ru+2]. The van der Waals surface area contributed by atoms with Crippen LogP contribution in [0.4, 0.5) is 25.2 Å². The van der Waals surface area contributed by atoms with E-state index in [0.717, 1.165) is 6.42 Å². The van der Waals surface area contributed by atoms with Crippen LogP contribution in [0.25, 0.3) is 0 Å². The van der Waals surface area contributed by atoms with Gasteiger partial charge in [0.2, 0.25) is 0 Å². The van der Waals surface area contributed by atoms with Crippen LogP contribution in [0.3, 0.4) is 0 Å². The van der Waals surface area contributed by atoms with Crippen molar-refractivity contribution in [2.75, 3.05) is 0 Å². The van der Waals surface area contributed by atoms with E-state index in [1.165, 1.54) is 11.1 Å². The minimum Gasteiger partial charge on any atom is -0.273 e. The summed E-state index contributed by atoms with van der Waals surface area (Å²) in [4.78, 5) is 0. The van der Waals surface area contributed by atoms with Gasteiger partial charge in [-0.25, -0.2) is 12.2 Å². The Labute approximate surface area is 145 Å². The molecule has 1 aromatic carbocycles. The van der Waals surface area contributed by atoms with Gasteiger partial charge in [-0.15, -0.1) is 6.42 Å². The molecule has 0 fully saturated rings. The molecule has 0 aliphatic heterocycles. The van der Waals surface area contributed by atoms with Crippen molar-refractivity contribution >= 4 is 7.81 Å². The van der Waals surface area contributed by atoms with E-state index >= 15 is 0 Å². The van der Waals surface area contributed by atoms with Crippen LogP contribution in [-0.2, 0) is 19.5 Å². The molecule has 2 rings (SSSR count). The molecule has 0 unspecified atom stereocenters. The molecule has 0 saturated heterocycles. The Morgan fingerprint density at radius 3 is 1.61 bits per heavy atom. The van der Waals surface area contributed by atoms with Gasteiger partial charge in [0.05, 0.1) is 0 Å². The van der Waals surface area contributed by atoms with E-state index in [1.54, 1.807) is 0 Å². The van der Waals surface area contributed by atoms with Gasteiger partial charge >= 0.3 is 52.5 Å². The maximum atomic E-state index is 9.87. The van der Waals surface area contributed by atoms with E-state index < -0.39 is 7.81 Å². The third-order valence-electron chi connectivity index (χ3n) is 2.33. The molecule has 0 aromatic heterocycles. The molecule has 0 N–H and O–H groups in total. The minimum atomic E-state index is -10.7. The predicted molar refractivity (Wildman–Crippen MR) is 80.4 cm³/mol. The number of rotatable bonds is 1. The molecule has 0 nitrogen and oxygen atoms in total. The molecule has 1 aromatic rings. The average molecular weight is 445 g/mol. The third-order valence-corrected chi connectivity index (χ3v) is 2.33. The van der Waals surface area contributed by atoms with E-state index in [0.29, 0.717) is 5.92 Å². The Hall–Kier alpha value is -0.667. The number of halogens is 6. The molecule has 0 bridgehead atoms. The fourth-order valence-electron chi connectivity index (χ4n) is 1.29. The summed E-state index contributed by atoms with van der Waals surface area (Å²) in [5, 5.41) is 0. The molecule has 0 atom stereocenters. The topological polar surface area (TPSA) is 0 Å². The van der Waals surface area contributed by atoms with E-state index in [-0.39, 0.29) is 19.5 Å². The Bertz CT molecular complexity index is 493. The normalized spacial score (nSPS) is 15.4. The second-order valence-electron chi connectivity index (χ2n) is 5.03. The standard InChI is InChI=1S/C10H14.C5H5.F6P.Ru/c1-8(2)10-6-4-9(3)5-7-10;1-2-4-5-3-1;1-7(2,3,4,5)6;/h4-8H,1-3H3;1-3H,4H2;;/q;2*-1;+2. The summed E-state index contributed by atoms with van der Waals surface area (Å²) < 4.78 is 59.2. The van der Waals surface area contributed by atoms with Crippen LogP contribution >= 0.6 is 7.81 Å². The van der Waals surface area contributed by atoms with E-state index in [2.05, 4.69) is 57.2 Å². The minimum absolute atomic E-state index is 0. The first-order valence-corrected chi connectivity index (χ1v) is 8.52. The van der Waals surface area contributed by atoms with Crippen LogP contribution < -0.4 is 0 Å². The van der Waals surface area contributed by atoms with Crippen LogP contribution in [0.1, 0.15) is 37.3 Å². The average Bonchev–Trinajstić information content (AvgIpc) is 2.83. The smallest absolute Gasteiger partial charge is 0.273 e. The van der Waals surface area contributed by atoms with Gasteiger partial charge in [-0.2, -0.15) is 6.08 Å². The third kappa shape index (κ3) is 23.7. The monoisotopic (exact) mass is 446 g/mol. The molecular formula is C15H19F6PRu. The molecule has 0 saturated carbocycles. The van der Waals surface area contributed by atoms with Crippen LogP contribution in [0, 0.1) is 13.0 Å². The Balaban J connectivity index is 0. The van der Waals surface area contributed by atoms with Crippen LogP contribution in [0.5, 0.6) is 0 Å². The first-order valence-electron chi connectivity index (χ1n) is 6.50. The van der Waals surface area contributed by atoms with Gasteiger partial charge in [0.25, 0.3) is 0 Å². The maximum absolute atomic E-state index is 10.7. The molecule has 23 heavy (non-hydrogen) atoms. The van der Waals surface area contributed by atoms with Crippen molar-refractivity contribution < 1.29 is 44.7 Å². The zero-order valence-electron chi connectivity index (χ0n) is 12.9. The van der Waals surface area contributed by atoms with Gasteiger partial charge in [0, 0.05) is 0 Å². The molecule has 0 radical (unpaired) electrons. The van der Waals surface area contributed by atoms with E-state index in [4.69, 9.17) is 0 Å². The summed E-state index contributed by atoms with van der Waals surface area (Å²) in [6.07, 6.45) is 10.0. The Kier molecular flexibility index (Phi) is 9.02. The van der Waals surface area contributed by atoms with Crippen molar-refractivity contribution in [2.24, 2.45) is 0 Å². The molecular weight excluding hydrogens is 426 g/mol. The van der Waals surface area contributed by atoms with Crippen molar-refractivity contribution in [1.82, 2.24) is 0 Å². The molecule has 0 amide bonds. The van der Waals surface area contributed by atoms with Gasteiger partial charge in [-0.3, -0.25) is 6.08 Å². The molecule has 8 heteroatoms. The first-order chi connectivity index (χ1) is 9.65. The van der Waals surface area contributed by atoms with Gasteiger partial charge in [0.1, 0.15) is 0 Å². The van der Waals surface area contributed by atoms with Crippen LogP contribution in [0.15, 0.2) is 42.5 Å². The van der Waals surface area contributed by atoms with Gasteiger partial charge in [-0.05, 0) is 18.4 Å². The summed E-state index contributed by atoms with van der Waals surface area (Å²) in [5.74, 6) is 0.653. The van der Waals surface area contributed by atoms with Gasteiger partial charge in [0.15, 0.2) is 0 Å². The summed E-state index contributed by atoms with van der Waals surface area (Å²) >= 11 is 0. The summed E-state index contributed by atoms with van der Waals surface area (Å²) in [5.41, 5.74) is 2.76. The summed E-state index contributed by atoms with van der Waals surface area (Å²) in [7, 11) is -10.7. The van der Waals surface area contributed by atoms with Gasteiger partial charge < -0.3 is 0 Å². The molecule has 0 spiro atoms. The van der Waals surface area contributed by atoms with E-state index in [9.17, 15) is 25.2 Å². The number of hydrogen-bond acceptors (Lipinski definition) is 0. The van der Waals surface area contributed by atoms with Crippen molar-refractivity contribution in [3.05, 3.63) is 59.7 Å². The molecule has 134 valence electrons. The van der Waals surface area contributed by atoms with Crippen molar-refractivity contribution in [1.29, 1.82) is 0 Å². The second-order valence-corrected chi connectivity index (χ2v) is 6.94. The molecule has 0 heterocycles. The fraction of sp³-hybridized carbons (Fsp3) is 0.333. The largest absolute Gasteiger partial charge is 2.00 e. The zero-order valence-corrected chi connectivity index (χ0v) is 15.5. The van der Waals surface area contributed by atoms with Crippen LogP contribution in [0.2, 0.25) is 0 Å². The first kappa shape index (κ1) is 24.6.